The average Bonchev–Trinajstić information content (AvgIpc) is 3.00. The summed E-state index contributed by atoms with van der Waals surface area (Å²) >= 11 is 1.39. The number of Topliss-reactive ketones (excluding diaryl/α,β-unsaturated/α-hetero) is 1. The lowest BCUT2D eigenvalue weighted by atomic mass is 9.99. The van der Waals surface area contributed by atoms with Crippen LogP contribution in [0, 0.1) is 0 Å². The molecule has 2 aromatic rings. The number of hydrogen-bond acceptors (Lipinski definition) is 5. The van der Waals surface area contributed by atoms with Gasteiger partial charge in [-0.1, -0.05) is 12.1 Å². The third kappa shape index (κ3) is 2.08. The van der Waals surface area contributed by atoms with Gasteiger partial charge >= 0.3 is 0 Å². The Morgan fingerprint density at radius 1 is 1.30 bits per heavy atom. The van der Waals surface area contributed by atoms with Crippen molar-refractivity contribution < 1.29 is 14.3 Å². The van der Waals surface area contributed by atoms with Crippen molar-refractivity contribution in [2.75, 3.05) is 7.11 Å². The number of amides is 1. The van der Waals surface area contributed by atoms with E-state index in [-0.39, 0.29) is 5.78 Å². The molecule has 1 aliphatic heterocycles. The summed E-state index contributed by atoms with van der Waals surface area (Å²) in [5.41, 5.74) is 0.952. The molecule has 1 fully saturated rings. The number of rotatable bonds is 4. The zero-order valence-corrected chi connectivity index (χ0v) is 11.6. The van der Waals surface area contributed by atoms with Crippen LogP contribution in [-0.4, -0.2) is 28.7 Å². The first-order chi connectivity index (χ1) is 9.70. The number of nitrogens with zero attached hydrogens (tertiary/aromatic N) is 2. The quantitative estimate of drug-likeness (QED) is 0.636. The summed E-state index contributed by atoms with van der Waals surface area (Å²) < 4.78 is 5.09. The number of ether oxygens (including phenoxy) is 1. The number of methoxy groups -OCH3 is 1. The van der Waals surface area contributed by atoms with Crippen molar-refractivity contribution in [3.8, 4) is 5.75 Å². The van der Waals surface area contributed by atoms with Crippen LogP contribution in [-0.2, 0) is 16.1 Å². The molecule has 102 valence electrons. The first-order valence-corrected chi connectivity index (χ1v) is 6.96. The van der Waals surface area contributed by atoms with E-state index in [9.17, 15) is 9.59 Å². The van der Waals surface area contributed by atoms with E-state index in [0.29, 0.717) is 11.6 Å². The number of likely N-dealkylation sites (tertiary alicyclic amines) is 1. The van der Waals surface area contributed by atoms with Crippen LogP contribution in [0.5, 0.6) is 5.75 Å². The Balaban J connectivity index is 1.78. The van der Waals surface area contributed by atoms with Crippen LogP contribution < -0.4 is 4.74 Å². The van der Waals surface area contributed by atoms with E-state index in [1.165, 1.54) is 11.3 Å². The minimum Gasteiger partial charge on any atom is -0.497 e. The second kappa shape index (κ2) is 5.05. The molecule has 6 heteroatoms. The van der Waals surface area contributed by atoms with E-state index in [1.54, 1.807) is 23.6 Å². The van der Waals surface area contributed by atoms with Crippen LogP contribution in [0.25, 0.3) is 0 Å². The summed E-state index contributed by atoms with van der Waals surface area (Å²) in [6.07, 6.45) is 1.64. The molecular weight excluding hydrogens is 276 g/mol. The minimum atomic E-state index is -0.524. The van der Waals surface area contributed by atoms with Crippen molar-refractivity contribution in [1.82, 2.24) is 9.88 Å². The van der Waals surface area contributed by atoms with Crippen LogP contribution in [0.4, 0.5) is 0 Å². The van der Waals surface area contributed by atoms with Gasteiger partial charge in [-0.25, -0.2) is 4.98 Å². The fourth-order valence-electron chi connectivity index (χ4n) is 2.16. The SMILES string of the molecule is COc1ccc(CN2C(=O)C(=O)[C@H]2c2nccs2)cc1. The normalized spacial score (nSPS) is 18.1. The smallest absolute Gasteiger partial charge is 0.293 e. The Morgan fingerprint density at radius 3 is 2.65 bits per heavy atom. The van der Waals surface area contributed by atoms with Crippen molar-refractivity contribution in [3.05, 3.63) is 46.4 Å². The fraction of sp³-hybridized carbons (Fsp3) is 0.214. The summed E-state index contributed by atoms with van der Waals surface area (Å²) in [6.45, 7) is 0.402. The summed E-state index contributed by atoms with van der Waals surface area (Å²) in [5, 5.41) is 2.47. The van der Waals surface area contributed by atoms with Gasteiger partial charge in [0.15, 0.2) is 6.04 Å². The molecule has 5 nitrogen and oxygen atoms in total. The molecule has 1 aliphatic rings. The highest BCUT2D eigenvalue weighted by atomic mass is 32.1. The molecule has 0 saturated carbocycles. The van der Waals surface area contributed by atoms with Crippen molar-refractivity contribution in [2.45, 2.75) is 12.6 Å². The third-order valence-corrected chi connectivity index (χ3v) is 4.06. The van der Waals surface area contributed by atoms with Gasteiger partial charge in [-0.2, -0.15) is 0 Å². The topological polar surface area (TPSA) is 59.5 Å². The van der Waals surface area contributed by atoms with Crippen LogP contribution in [0.2, 0.25) is 0 Å². The molecule has 1 amide bonds. The van der Waals surface area contributed by atoms with Gasteiger partial charge < -0.3 is 9.64 Å². The summed E-state index contributed by atoms with van der Waals surface area (Å²) in [4.78, 5) is 29.1. The Hall–Kier alpha value is -2.21. The van der Waals surface area contributed by atoms with Gasteiger partial charge in [0.05, 0.1) is 7.11 Å². The minimum absolute atomic E-state index is 0.381. The maximum Gasteiger partial charge on any atom is 0.293 e. The molecule has 1 aromatic heterocycles. The van der Waals surface area contributed by atoms with Crippen LogP contribution in [0.1, 0.15) is 16.6 Å². The van der Waals surface area contributed by atoms with Crippen molar-refractivity contribution in [3.63, 3.8) is 0 Å². The van der Waals surface area contributed by atoms with Crippen molar-refractivity contribution in [1.29, 1.82) is 0 Å². The highest BCUT2D eigenvalue weighted by molar-refractivity contribution is 7.09. The van der Waals surface area contributed by atoms with E-state index >= 15 is 0 Å². The Morgan fingerprint density at radius 2 is 2.05 bits per heavy atom. The van der Waals surface area contributed by atoms with Crippen LogP contribution in [0.3, 0.4) is 0 Å². The molecule has 0 aliphatic carbocycles. The van der Waals surface area contributed by atoms with E-state index in [2.05, 4.69) is 4.98 Å². The van der Waals surface area contributed by atoms with E-state index in [0.717, 1.165) is 11.3 Å². The van der Waals surface area contributed by atoms with Gasteiger partial charge in [0.1, 0.15) is 10.8 Å². The number of thiazole rings is 1. The Bertz CT molecular complexity index is 637. The molecule has 0 unspecified atom stereocenters. The second-order valence-electron chi connectivity index (χ2n) is 4.42. The number of benzene rings is 1. The van der Waals surface area contributed by atoms with Gasteiger partial charge in [-0.3, -0.25) is 9.59 Å². The van der Waals surface area contributed by atoms with E-state index in [1.807, 2.05) is 24.3 Å². The Kier molecular flexibility index (Phi) is 3.23. The molecule has 0 bridgehead atoms. The first-order valence-electron chi connectivity index (χ1n) is 6.08. The average molecular weight is 288 g/mol. The molecule has 2 heterocycles. The maximum atomic E-state index is 11.7. The van der Waals surface area contributed by atoms with E-state index < -0.39 is 11.9 Å². The third-order valence-electron chi connectivity index (χ3n) is 3.23. The fourth-order valence-corrected chi connectivity index (χ4v) is 2.90. The number of aromatic nitrogens is 1. The van der Waals surface area contributed by atoms with Crippen LogP contribution >= 0.6 is 11.3 Å². The number of β-lactam (4-membered cyclic amide) rings is 1. The second-order valence-corrected chi connectivity index (χ2v) is 5.34. The highest BCUT2D eigenvalue weighted by Gasteiger charge is 2.48. The van der Waals surface area contributed by atoms with Crippen LogP contribution in [0.15, 0.2) is 35.8 Å². The lowest BCUT2D eigenvalue weighted by Crippen LogP contribution is -2.54. The molecule has 1 aromatic carbocycles. The summed E-state index contributed by atoms with van der Waals surface area (Å²) in [7, 11) is 1.60. The number of ketones is 1. The molecule has 1 atom stereocenters. The zero-order chi connectivity index (χ0) is 14.1. The summed E-state index contributed by atoms with van der Waals surface area (Å²) in [5.74, 6) is -0.0642. The van der Waals surface area contributed by atoms with E-state index in [4.69, 9.17) is 4.74 Å². The summed E-state index contributed by atoms with van der Waals surface area (Å²) in [6, 6.07) is 6.91. The zero-order valence-electron chi connectivity index (χ0n) is 10.8. The molecular formula is C14H12N2O3S. The van der Waals surface area contributed by atoms with Gasteiger partial charge in [0, 0.05) is 18.1 Å². The maximum absolute atomic E-state index is 11.7. The molecule has 1 saturated heterocycles. The molecule has 20 heavy (non-hydrogen) atoms. The molecule has 0 radical (unpaired) electrons. The highest BCUT2D eigenvalue weighted by Crippen LogP contribution is 2.33. The van der Waals surface area contributed by atoms with Gasteiger partial charge in [-0.15, -0.1) is 11.3 Å². The lowest BCUT2D eigenvalue weighted by Gasteiger charge is -2.37. The Labute approximate surface area is 119 Å². The first kappa shape index (κ1) is 12.8. The van der Waals surface area contributed by atoms with Crippen molar-refractivity contribution in [2.24, 2.45) is 0 Å². The van der Waals surface area contributed by atoms with Gasteiger partial charge in [0.25, 0.3) is 5.91 Å². The standard InChI is InChI=1S/C14H12N2O3S/c1-19-10-4-2-9(3-5-10)8-16-11(12(17)14(16)18)13-15-6-7-20-13/h2-7,11H,8H2,1H3/t11-/m0/s1. The number of hydrogen-bond donors (Lipinski definition) is 0. The number of carbonyl (C=O) groups excluding carboxylic acids is 2. The monoisotopic (exact) mass is 288 g/mol. The largest absolute Gasteiger partial charge is 0.497 e. The van der Waals surface area contributed by atoms with Gasteiger partial charge in [-0.05, 0) is 17.7 Å². The van der Waals surface area contributed by atoms with Gasteiger partial charge in [0.2, 0.25) is 5.78 Å². The lowest BCUT2D eigenvalue weighted by molar-refractivity contribution is -0.162. The van der Waals surface area contributed by atoms with Crippen molar-refractivity contribution >= 4 is 23.0 Å². The predicted octanol–water partition coefficient (Wildman–Crippen LogP) is 1.80. The predicted molar refractivity (Wildman–Crippen MR) is 73.4 cm³/mol. The molecule has 0 N–H and O–H groups in total. The molecule has 0 spiro atoms. The molecule has 3 rings (SSSR count). The number of carbonyl (C=O) groups is 2.